The van der Waals surface area contributed by atoms with Crippen LogP contribution in [0.1, 0.15) is 18.1 Å². The smallest absolute Gasteiger partial charge is 0.217 e. The summed E-state index contributed by atoms with van der Waals surface area (Å²) in [4.78, 5) is 10.7. The molecule has 0 fully saturated rings. The summed E-state index contributed by atoms with van der Waals surface area (Å²) in [6, 6.07) is 7.26. The Balaban J connectivity index is 2.77. The molecule has 4 heteroatoms. The lowest BCUT2D eigenvalue weighted by Gasteiger charge is -2.04. The predicted octanol–water partition coefficient (Wildman–Crippen LogP) is 1.72. The summed E-state index contributed by atoms with van der Waals surface area (Å²) in [6.07, 6.45) is 3.67. The molecule has 0 bridgehead atoms. The quantitative estimate of drug-likeness (QED) is 0.856. The van der Waals surface area contributed by atoms with Crippen molar-refractivity contribution >= 4 is 12.0 Å². The number of carbonyl (C=O) groups is 1. The first kappa shape index (κ1) is 12.8. The van der Waals surface area contributed by atoms with Gasteiger partial charge in [-0.05, 0) is 18.2 Å². The Hall–Kier alpha value is -2.28. The monoisotopic (exact) mass is 230 g/mol. The molecular formula is C13H14N2O2. The summed E-state index contributed by atoms with van der Waals surface area (Å²) in [5.41, 5.74) is 1.43. The fourth-order valence-corrected chi connectivity index (χ4v) is 1.31. The van der Waals surface area contributed by atoms with E-state index >= 15 is 0 Å². The molecule has 0 aliphatic heterocycles. The molecule has 0 saturated carbocycles. The van der Waals surface area contributed by atoms with E-state index in [0.717, 1.165) is 5.56 Å². The van der Waals surface area contributed by atoms with Crippen molar-refractivity contribution in [2.75, 3.05) is 13.7 Å². The van der Waals surface area contributed by atoms with Crippen molar-refractivity contribution in [3.05, 3.63) is 35.4 Å². The largest absolute Gasteiger partial charge is 0.496 e. The fourth-order valence-electron chi connectivity index (χ4n) is 1.31. The van der Waals surface area contributed by atoms with Gasteiger partial charge in [-0.3, -0.25) is 4.79 Å². The third kappa shape index (κ3) is 3.99. The Morgan fingerprint density at radius 2 is 2.35 bits per heavy atom. The van der Waals surface area contributed by atoms with Crippen LogP contribution in [0.5, 0.6) is 5.75 Å². The van der Waals surface area contributed by atoms with Crippen LogP contribution in [0.15, 0.2) is 24.3 Å². The van der Waals surface area contributed by atoms with Crippen LogP contribution in [-0.4, -0.2) is 19.6 Å². The van der Waals surface area contributed by atoms with Gasteiger partial charge in [0.15, 0.2) is 0 Å². The van der Waals surface area contributed by atoms with E-state index in [9.17, 15) is 4.79 Å². The average molecular weight is 230 g/mol. The van der Waals surface area contributed by atoms with Crippen molar-refractivity contribution in [2.24, 2.45) is 0 Å². The molecule has 0 unspecified atom stereocenters. The van der Waals surface area contributed by atoms with Crippen molar-refractivity contribution in [1.82, 2.24) is 5.32 Å². The highest BCUT2D eigenvalue weighted by Crippen LogP contribution is 2.21. The first-order valence-electron chi connectivity index (χ1n) is 5.16. The second-order valence-corrected chi connectivity index (χ2v) is 3.41. The molecule has 0 radical (unpaired) electrons. The van der Waals surface area contributed by atoms with Crippen LogP contribution in [0.4, 0.5) is 0 Å². The Bertz CT molecular complexity index is 473. The Morgan fingerprint density at radius 3 is 2.94 bits per heavy atom. The summed E-state index contributed by atoms with van der Waals surface area (Å²) < 4.78 is 5.18. The van der Waals surface area contributed by atoms with Crippen LogP contribution in [0, 0.1) is 11.3 Å². The van der Waals surface area contributed by atoms with Gasteiger partial charge in [-0.2, -0.15) is 5.26 Å². The number of hydrogen-bond donors (Lipinski definition) is 1. The van der Waals surface area contributed by atoms with E-state index in [1.165, 1.54) is 6.92 Å². The topological polar surface area (TPSA) is 62.1 Å². The third-order valence-corrected chi connectivity index (χ3v) is 2.13. The normalized spacial score (nSPS) is 9.94. The Labute approximate surface area is 101 Å². The van der Waals surface area contributed by atoms with E-state index in [2.05, 4.69) is 5.32 Å². The molecule has 1 aromatic carbocycles. The molecular weight excluding hydrogens is 216 g/mol. The molecule has 0 saturated heterocycles. The molecule has 88 valence electrons. The second kappa shape index (κ2) is 6.33. The molecule has 0 aliphatic carbocycles. The maximum atomic E-state index is 10.7. The van der Waals surface area contributed by atoms with Gasteiger partial charge >= 0.3 is 0 Å². The number of nitrogens with one attached hydrogen (secondary N) is 1. The number of hydrogen-bond acceptors (Lipinski definition) is 3. The zero-order chi connectivity index (χ0) is 12.7. The molecule has 0 spiro atoms. The number of ether oxygens (including phenoxy) is 1. The number of methoxy groups -OCH3 is 1. The molecule has 1 amide bonds. The number of rotatable bonds is 4. The van der Waals surface area contributed by atoms with E-state index in [-0.39, 0.29) is 5.91 Å². The van der Waals surface area contributed by atoms with Crippen LogP contribution >= 0.6 is 0 Å². The van der Waals surface area contributed by atoms with Crippen LogP contribution < -0.4 is 10.1 Å². The number of carbonyl (C=O) groups excluding carboxylic acids is 1. The summed E-state index contributed by atoms with van der Waals surface area (Å²) in [6.45, 7) is 1.94. The molecule has 0 atom stereocenters. The Morgan fingerprint density at radius 1 is 1.59 bits per heavy atom. The summed E-state index contributed by atoms with van der Waals surface area (Å²) in [5.74, 6) is 0.574. The molecule has 0 aliphatic rings. The summed E-state index contributed by atoms with van der Waals surface area (Å²) in [7, 11) is 1.56. The molecule has 17 heavy (non-hydrogen) atoms. The highest BCUT2D eigenvalue weighted by Gasteiger charge is 2.00. The van der Waals surface area contributed by atoms with Gasteiger partial charge in [-0.1, -0.05) is 12.2 Å². The maximum absolute atomic E-state index is 10.7. The van der Waals surface area contributed by atoms with Crippen LogP contribution in [0.25, 0.3) is 6.08 Å². The van der Waals surface area contributed by atoms with Crippen LogP contribution in [-0.2, 0) is 4.79 Å². The van der Waals surface area contributed by atoms with Crippen molar-refractivity contribution in [2.45, 2.75) is 6.92 Å². The fraction of sp³-hybridized carbons (Fsp3) is 0.231. The highest BCUT2D eigenvalue weighted by atomic mass is 16.5. The minimum Gasteiger partial charge on any atom is -0.496 e. The van der Waals surface area contributed by atoms with Gasteiger partial charge in [-0.25, -0.2) is 0 Å². The van der Waals surface area contributed by atoms with Gasteiger partial charge < -0.3 is 10.1 Å². The van der Waals surface area contributed by atoms with Gasteiger partial charge in [0.2, 0.25) is 5.91 Å². The first-order chi connectivity index (χ1) is 8.17. The van der Waals surface area contributed by atoms with Gasteiger partial charge in [-0.15, -0.1) is 0 Å². The van der Waals surface area contributed by atoms with Crippen molar-refractivity contribution in [3.63, 3.8) is 0 Å². The third-order valence-electron chi connectivity index (χ3n) is 2.13. The maximum Gasteiger partial charge on any atom is 0.217 e. The van der Waals surface area contributed by atoms with E-state index < -0.39 is 0 Å². The minimum atomic E-state index is -0.0681. The van der Waals surface area contributed by atoms with Crippen LogP contribution in [0.2, 0.25) is 0 Å². The predicted molar refractivity (Wildman–Crippen MR) is 65.4 cm³/mol. The van der Waals surface area contributed by atoms with E-state index in [0.29, 0.717) is 17.9 Å². The van der Waals surface area contributed by atoms with E-state index in [4.69, 9.17) is 10.00 Å². The lowest BCUT2D eigenvalue weighted by Crippen LogP contribution is -2.19. The van der Waals surface area contributed by atoms with Gasteiger partial charge in [0, 0.05) is 19.0 Å². The molecule has 1 N–H and O–H groups in total. The van der Waals surface area contributed by atoms with Gasteiger partial charge in [0.1, 0.15) is 5.75 Å². The summed E-state index contributed by atoms with van der Waals surface area (Å²) >= 11 is 0. The minimum absolute atomic E-state index is 0.0681. The van der Waals surface area contributed by atoms with E-state index in [1.807, 2.05) is 24.3 Å². The van der Waals surface area contributed by atoms with Crippen molar-refractivity contribution in [3.8, 4) is 11.8 Å². The molecule has 0 aromatic heterocycles. The van der Waals surface area contributed by atoms with Gasteiger partial charge in [0.25, 0.3) is 0 Å². The number of amides is 1. The molecule has 1 aromatic rings. The standard InChI is InChI=1S/C13H14N2O2/c1-10(16)15-7-3-4-12-6-5-11(9-14)8-13(12)17-2/h3-6,8H,7H2,1-2H3,(H,15,16). The zero-order valence-corrected chi connectivity index (χ0v) is 9.86. The number of benzene rings is 1. The molecule has 4 nitrogen and oxygen atoms in total. The Kier molecular flexibility index (Phi) is 4.77. The summed E-state index contributed by atoms with van der Waals surface area (Å²) in [5, 5.41) is 11.4. The lowest BCUT2D eigenvalue weighted by atomic mass is 10.1. The van der Waals surface area contributed by atoms with E-state index in [1.54, 1.807) is 19.2 Å². The van der Waals surface area contributed by atoms with Gasteiger partial charge in [0.05, 0.1) is 18.7 Å². The number of nitrogens with zero attached hydrogens (tertiary/aromatic N) is 1. The SMILES string of the molecule is COc1cc(C#N)ccc1C=CCNC(C)=O. The second-order valence-electron chi connectivity index (χ2n) is 3.41. The number of nitriles is 1. The molecule has 0 heterocycles. The average Bonchev–Trinajstić information content (AvgIpc) is 2.34. The highest BCUT2D eigenvalue weighted by molar-refractivity contribution is 5.73. The first-order valence-corrected chi connectivity index (χ1v) is 5.16. The zero-order valence-electron chi connectivity index (χ0n) is 9.86. The lowest BCUT2D eigenvalue weighted by molar-refractivity contribution is -0.118. The van der Waals surface area contributed by atoms with Crippen LogP contribution in [0.3, 0.4) is 0 Å². The molecule has 1 rings (SSSR count). The van der Waals surface area contributed by atoms with Crippen molar-refractivity contribution < 1.29 is 9.53 Å². The van der Waals surface area contributed by atoms with Crippen molar-refractivity contribution in [1.29, 1.82) is 5.26 Å².